The van der Waals surface area contributed by atoms with Crippen LogP contribution in [0.4, 0.5) is 0 Å². The lowest BCUT2D eigenvalue weighted by Crippen LogP contribution is -2.30. The van der Waals surface area contributed by atoms with Crippen LogP contribution < -0.4 is 10.6 Å². The topological polar surface area (TPSA) is 24.1 Å². The molecule has 2 nitrogen and oxygen atoms in total. The minimum Gasteiger partial charge on any atom is -0.317 e. The van der Waals surface area contributed by atoms with Crippen molar-refractivity contribution in [1.82, 2.24) is 10.6 Å². The Morgan fingerprint density at radius 1 is 0.867 bits per heavy atom. The Morgan fingerprint density at radius 2 is 1.67 bits per heavy atom. The molecule has 0 amide bonds. The highest BCUT2D eigenvalue weighted by molar-refractivity contribution is 4.97. The summed E-state index contributed by atoms with van der Waals surface area (Å²) in [6.45, 7) is 0. The second-order valence-electron chi connectivity index (χ2n) is 5.41. The maximum absolute atomic E-state index is 3.50. The second kappa shape index (κ2) is 5.31. The van der Waals surface area contributed by atoms with Gasteiger partial charge in [0.25, 0.3) is 0 Å². The minimum absolute atomic E-state index is 0.786. The summed E-state index contributed by atoms with van der Waals surface area (Å²) >= 11 is 0. The molecule has 0 radical (unpaired) electrons. The molecule has 0 aliphatic heterocycles. The molecule has 0 saturated heterocycles. The SMILES string of the molecule is CNC1CCCCCC(C2CC2NC)C1. The third-order valence-corrected chi connectivity index (χ3v) is 4.44. The molecular formula is C13H26N2. The van der Waals surface area contributed by atoms with Gasteiger partial charge in [0.05, 0.1) is 0 Å². The molecule has 0 aromatic heterocycles. The van der Waals surface area contributed by atoms with Gasteiger partial charge in [-0.25, -0.2) is 0 Å². The summed E-state index contributed by atoms with van der Waals surface area (Å²) in [5.74, 6) is 1.98. The molecule has 2 aliphatic carbocycles. The van der Waals surface area contributed by atoms with Gasteiger partial charge in [-0.3, -0.25) is 0 Å². The Hall–Kier alpha value is -0.0800. The van der Waals surface area contributed by atoms with Crippen LogP contribution in [0.5, 0.6) is 0 Å². The van der Waals surface area contributed by atoms with E-state index < -0.39 is 0 Å². The Balaban J connectivity index is 1.85. The summed E-state index contributed by atoms with van der Waals surface area (Å²) in [5, 5.41) is 6.93. The van der Waals surface area contributed by atoms with Crippen molar-refractivity contribution >= 4 is 0 Å². The lowest BCUT2D eigenvalue weighted by atomic mass is 9.85. The number of rotatable bonds is 3. The fourth-order valence-electron chi connectivity index (χ4n) is 3.29. The Bertz CT molecular complexity index is 193. The van der Waals surface area contributed by atoms with E-state index in [1.807, 2.05) is 0 Å². The van der Waals surface area contributed by atoms with E-state index in [4.69, 9.17) is 0 Å². The number of hydrogen-bond acceptors (Lipinski definition) is 2. The van der Waals surface area contributed by atoms with Gasteiger partial charge in [0, 0.05) is 12.1 Å². The van der Waals surface area contributed by atoms with Gasteiger partial charge in [-0.15, -0.1) is 0 Å². The largest absolute Gasteiger partial charge is 0.317 e. The first kappa shape index (κ1) is 11.4. The smallest absolute Gasteiger partial charge is 0.00988 e. The average Bonchev–Trinajstić information content (AvgIpc) is 2.97. The lowest BCUT2D eigenvalue weighted by molar-refractivity contribution is 0.290. The van der Waals surface area contributed by atoms with Crippen LogP contribution in [0.1, 0.15) is 44.9 Å². The molecule has 88 valence electrons. The quantitative estimate of drug-likeness (QED) is 0.746. The van der Waals surface area contributed by atoms with Gasteiger partial charge < -0.3 is 10.6 Å². The molecule has 2 saturated carbocycles. The van der Waals surface area contributed by atoms with Crippen LogP contribution in [0, 0.1) is 11.8 Å². The van der Waals surface area contributed by atoms with Gasteiger partial charge in [0.2, 0.25) is 0 Å². The maximum Gasteiger partial charge on any atom is 0.00988 e. The summed E-state index contributed by atoms with van der Waals surface area (Å²) in [4.78, 5) is 0. The molecule has 4 atom stereocenters. The normalized spacial score (nSPS) is 42.0. The summed E-state index contributed by atoms with van der Waals surface area (Å²) < 4.78 is 0. The van der Waals surface area contributed by atoms with Gasteiger partial charge in [-0.1, -0.05) is 25.7 Å². The summed E-state index contributed by atoms with van der Waals surface area (Å²) in [7, 11) is 4.24. The van der Waals surface area contributed by atoms with Gasteiger partial charge in [0.1, 0.15) is 0 Å². The average molecular weight is 210 g/mol. The first-order valence-electron chi connectivity index (χ1n) is 6.69. The maximum atomic E-state index is 3.50. The third kappa shape index (κ3) is 2.94. The molecule has 2 rings (SSSR count). The van der Waals surface area contributed by atoms with Crippen LogP contribution in [0.3, 0.4) is 0 Å². The molecule has 4 unspecified atom stereocenters. The lowest BCUT2D eigenvalue weighted by Gasteiger charge is -2.26. The van der Waals surface area contributed by atoms with Gasteiger partial charge in [-0.2, -0.15) is 0 Å². The summed E-state index contributed by atoms with van der Waals surface area (Å²) in [6, 6.07) is 1.63. The first-order valence-corrected chi connectivity index (χ1v) is 6.69. The molecule has 15 heavy (non-hydrogen) atoms. The molecule has 0 heterocycles. The standard InChI is InChI=1S/C13H26N2/c1-14-11-7-5-3-4-6-10(8-11)12-9-13(12)15-2/h10-15H,3-9H2,1-2H3. The van der Waals surface area contributed by atoms with Gasteiger partial charge in [-0.05, 0) is 45.2 Å². The van der Waals surface area contributed by atoms with Crippen LogP contribution in [-0.4, -0.2) is 26.2 Å². The molecule has 0 aromatic rings. The van der Waals surface area contributed by atoms with Crippen molar-refractivity contribution in [1.29, 1.82) is 0 Å². The fourth-order valence-corrected chi connectivity index (χ4v) is 3.29. The number of hydrogen-bond donors (Lipinski definition) is 2. The Kier molecular flexibility index (Phi) is 4.04. The van der Waals surface area contributed by atoms with Crippen molar-refractivity contribution in [2.45, 2.75) is 57.0 Å². The molecular weight excluding hydrogens is 184 g/mol. The van der Waals surface area contributed by atoms with Crippen molar-refractivity contribution < 1.29 is 0 Å². The molecule has 0 aromatic carbocycles. The molecule has 0 bridgehead atoms. The Labute approximate surface area is 94.2 Å². The van der Waals surface area contributed by atoms with Gasteiger partial charge >= 0.3 is 0 Å². The van der Waals surface area contributed by atoms with Crippen LogP contribution in [-0.2, 0) is 0 Å². The summed E-state index contributed by atoms with van der Waals surface area (Å²) in [5.41, 5.74) is 0. The van der Waals surface area contributed by atoms with Crippen LogP contribution in [0.2, 0.25) is 0 Å². The third-order valence-electron chi connectivity index (χ3n) is 4.44. The van der Waals surface area contributed by atoms with Crippen LogP contribution in [0.15, 0.2) is 0 Å². The van der Waals surface area contributed by atoms with E-state index in [-0.39, 0.29) is 0 Å². The van der Waals surface area contributed by atoms with E-state index in [1.165, 1.54) is 44.9 Å². The zero-order valence-electron chi connectivity index (χ0n) is 10.3. The van der Waals surface area contributed by atoms with Gasteiger partial charge in [0.15, 0.2) is 0 Å². The van der Waals surface area contributed by atoms with E-state index in [0.29, 0.717) is 0 Å². The van der Waals surface area contributed by atoms with Crippen LogP contribution >= 0.6 is 0 Å². The molecule has 0 spiro atoms. The predicted octanol–water partition coefficient (Wildman–Crippen LogP) is 2.15. The van der Waals surface area contributed by atoms with Crippen molar-refractivity contribution in [2.75, 3.05) is 14.1 Å². The molecule has 2 fully saturated rings. The van der Waals surface area contributed by atoms with Crippen molar-refractivity contribution in [3.63, 3.8) is 0 Å². The van der Waals surface area contributed by atoms with Crippen LogP contribution in [0.25, 0.3) is 0 Å². The molecule has 2 aliphatic rings. The van der Waals surface area contributed by atoms with E-state index in [1.54, 1.807) is 0 Å². The second-order valence-corrected chi connectivity index (χ2v) is 5.41. The summed E-state index contributed by atoms with van der Waals surface area (Å²) in [6.07, 6.45) is 10.1. The van der Waals surface area contributed by atoms with E-state index in [0.717, 1.165) is 23.9 Å². The Morgan fingerprint density at radius 3 is 2.33 bits per heavy atom. The van der Waals surface area contributed by atoms with E-state index in [9.17, 15) is 0 Å². The molecule has 2 heteroatoms. The van der Waals surface area contributed by atoms with E-state index >= 15 is 0 Å². The van der Waals surface area contributed by atoms with Crippen molar-refractivity contribution in [3.05, 3.63) is 0 Å². The first-order chi connectivity index (χ1) is 7.35. The monoisotopic (exact) mass is 210 g/mol. The highest BCUT2D eigenvalue weighted by Gasteiger charge is 2.42. The van der Waals surface area contributed by atoms with Crippen molar-refractivity contribution in [2.24, 2.45) is 11.8 Å². The minimum atomic E-state index is 0.786. The molecule has 2 N–H and O–H groups in total. The fraction of sp³-hybridized carbons (Fsp3) is 1.00. The van der Waals surface area contributed by atoms with E-state index in [2.05, 4.69) is 24.7 Å². The highest BCUT2D eigenvalue weighted by atomic mass is 14.9. The zero-order chi connectivity index (χ0) is 10.7. The highest BCUT2D eigenvalue weighted by Crippen LogP contribution is 2.43. The number of nitrogens with one attached hydrogen (secondary N) is 2. The van der Waals surface area contributed by atoms with Crippen molar-refractivity contribution in [3.8, 4) is 0 Å². The zero-order valence-corrected chi connectivity index (χ0v) is 10.3. The predicted molar refractivity (Wildman–Crippen MR) is 65.0 cm³/mol.